The minimum absolute atomic E-state index is 1.04. The van der Waals surface area contributed by atoms with E-state index < -0.39 is 0 Å². The lowest BCUT2D eigenvalue weighted by Crippen LogP contribution is -1.77. The van der Waals surface area contributed by atoms with Gasteiger partial charge in [-0.05, 0) is 19.8 Å². The second-order valence-electron chi connectivity index (χ2n) is 2.37. The fraction of sp³-hybridized carbons (Fsp3) is 0.500. The van der Waals surface area contributed by atoms with E-state index in [1.165, 1.54) is 6.42 Å². The van der Waals surface area contributed by atoms with Crippen molar-refractivity contribution >= 4 is 23.1 Å². The highest BCUT2D eigenvalue weighted by Crippen LogP contribution is 2.22. The van der Waals surface area contributed by atoms with Crippen LogP contribution in [0.15, 0.2) is 17.0 Å². The zero-order chi connectivity index (χ0) is 8.81. The van der Waals surface area contributed by atoms with Crippen molar-refractivity contribution in [1.82, 2.24) is 10.2 Å². The molecule has 0 aromatic carbocycles. The molecule has 4 heteroatoms. The first-order valence-corrected chi connectivity index (χ1v) is 5.67. The van der Waals surface area contributed by atoms with Gasteiger partial charge in [0.15, 0.2) is 4.34 Å². The SMILES string of the molecule is C=CCCCSc1nnc(C)s1. The molecule has 2 nitrogen and oxygen atoms in total. The van der Waals surface area contributed by atoms with Gasteiger partial charge in [0.2, 0.25) is 0 Å². The number of unbranched alkanes of at least 4 members (excludes halogenated alkanes) is 1. The van der Waals surface area contributed by atoms with Gasteiger partial charge in [0.1, 0.15) is 5.01 Å². The third-order valence-corrected chi connectivity index (χ3v) is 3.34. The summed E-state index contributed by atoms with van der Waals surface area (Å²) in [7, 11) is 0. The lowest BCUT2D eigenvalue weighted by Gasteiger charge is -1.92. The largest absolute Gasteiger partial charge is 0.174 e. The second kappa shape index (κ2) is 5.32. The van der Waals surface area contributed by atoms with Crippen molar-refractivity contribution in [3.05, 3.63) is 17.7 Å². The summed E-state index contributed by atoms with van der Waals surface area (Å²) >= 11 is 3.44. The molecule has 1 heterocycles. The van der Waals surface area contributed by atoms with Crippen molar-refractivity contribution in [2.45, 2.75) is 24.1 Å². The maximum absolute atomic E-state index is 4.02. The molecule has 0 N–H and O–H groups in total. The van der Waals surface area contributed by atoms with Crippen LogP contribution in [0.2, 0.25) is 0 Å². The number of hydrogen-bond donors (Lipinski definition) is 0. The maximum Gasteiger partial charge on any atom is 0.174 e. The standard InChI is InChI=1S/C8H12N2S2/c1-3-4-5-6-11-8-10-9-7(2)12-8/h3H,1,4-6H2,2H3. The highest BCUT2D eigenvalue weighted by molar-refractivity contribution is 8.01. The van der Waals surface area contributed by atoms with E-state index in [0.717, 1.165) is 21.5 Å². The van der Waals surface area contributed by atoms with Crippen molar-refractivity contribution in [1.29, 1.82) is 0 Å². The number of thioether (sulfide) groups is 1. The molecule has 0 amide bonds. The van der Waals surface area contributed by atoms with E-state index in [-0.39, 0.29) is 0 Å². The highest BCUT2D eigenvalue weighted by Gasteiger charge is 1.99. The zero-order valence-electron chi connectivity index (χ0n) is 7.12. The Hall–Kier alpha value is -0.350. The van der Waals surface area contributed by atoms with E-state index in [4.69, 9.17) is 0 Å². The summed E-state index contributed by atoms with van der Waals surface area (Å²) in [6.07, 6.45) is 4.21. The average Bonchev–Trinajstić information content (AvgIpc) is 2.45. The molecule has 0 unspecified atom stereocenters. The van der Waals surface area contributed by atoms with Crippen molar-refractivity contribution in [3.63, 3.8) is 0 Å². The monoisotopic (exact) mass is 200 g/mol. The van der Waals surface area contributed by atoms with Crippen molar-refractivity contribution in [3.8, 4) is 0 Å². The molecule has 12 heavy (non-hydrogen) atoms. The third-order valence-electron chi connectivity index (χ3n) is 1.29. The fourth-order valence-electron chi connectivity index (χ4n) is 0.724. The summed E-state index contributed by atoms with van der Waals surface area (Å²) in [4.78, 5) is 0. The molecule has 1 rings (SSSR count). The first-order chi connectivity index (χ1) is 5.83. The predicted molar refractivity (Wildman–Crippen MR) is 54.8 cm³/mol. The highest BCUT2D eigenvalue weighted by atomic mass is 32.2. The Balaban J connectivity index is 2.19. The summed E-state index contributed by atoms with van der Waals surface area (Å²) in [6, 6.07) is 0. The third kappa shape index (κ3) is 3.36. The Morgan fingerprint density at radius 3 is 3.00 bits per heavy atom. The van der Waals surface area contributed by atoms with Crippen LogP contribution in [0.25, 0.3) is 0 Å². The van der Waals surface area contributed by atoms with E-state index in [2.05, 4.69) is 16.8 Å². The van der Waals surface area contributed by atoms with Crippen LogP contribution in [0.1, 0.15) is 17.8 Å². The van der Waals surface area contributed by atoms with Crippen LogP contribution in [-0.4, -0.2) is 16.0 Å². The van der Waals surface area contributed by atoms with Crippen molar-refractivity contribution in [2.75, 3.05) is 5.75 Å². The van der Waals surface area contributed by atoms with E-state index in [0.29, 0.717) is 0 Å². The summed E-state index contributed by atoms with van der Waals surface area (Å²) < 4.78 is 1.08. The Morgan fingerprint density at radius 1 is 1.58 bits per heavy atom. The van der Waals surface area contributed by atoms with Crippen LogP contribution >= 0.6 is 23.1 Å². The van der Waals surface area contributed by atoms with Gasteiger partial charge in [-0.1, -0.05) is 29.2 Å². The van der Waals surface area contributed by atoms with Crippen molar-refractivity contribution < 1.29 is 0 Å². The van der Waals surface area contributed by atoms with Gasteiger partial charge >= 0.3 is 0 Å². The lowest BCUT2D eigenvalue weighted by atomic mass is 10.3. The minimum atomic E-state index is 1.04. The molecule has 0 saturated carbocycles. The molecule has 1 aromatic heterocycles. The average molecular weight is 200 g/mol. The lowest BCUT2D eigenvalue weighted by molar-refractivity contribution is 0.959. The van der Waals surface area contributed by atoms with Gasteiger partial charge in [-0.2, -0.15) is 0 Å². The number of aryl methyl sites for hydroxylation is 1. The van der Waals surface area contributed by atoms with Crippen LogP contribution in [0.4, 0.5) is 0 Å². The zero-order valence-corrected chi connectivity index (χ0v) is 8.75. The van der Waals surface area contributed by atoms with Gasteiger partial charge < -0.3 is 0 Å². The number of allylic oxidation sites excluding steroid dienone is 1. The molecule has 0 aliphatic rings. The summed E-state index contributed by atoms with van der Waals surface area (Å²) in [5.41, 5.74) is 0. The Bertz CT molecular complexity index is 245. The van der Waals surface area contributed by atoms with Gasteiger partial charge in [0, 0.05) is 5.75 Å². The molecule has 0 atom stereocenters. The van der Waals surface area contributed by atoms with Gasteiger partial charge in [0.25, 0.3) is 0 Å². The quantitative estimate of drug-likeness (QED) is 0.415. The molecule has 66 valence electrons. The number of rotatable bonds is 5. The van der Waals surface area contributed by atoms with Gasteiger partial charge in [-0.25, -0.2) is 0 Å². The molecule has 0 radical (unpaired) electrons. The number of aromatic nitrogens is 2. The second-order valence-corrected chi connectivity index (χ2v) is 4.89. The smallest absolute Gasteiger partial charge is 0.143 e. The van der Waals surface area contributed by atoms with Crippen LogP contribution in [0, 0.1) is 6.92 Å². The molecular formula is C8H12N2S2. The van der Waals surface area contributed by atoms with Crippen LogP contribution in [-0.2, 0) is 0 Å². The first kappa shape index (κ1) is 9.74. The van der Waals surface area contributed by atoms with Gasteiger partial charge in [0.05, 0.1) is 0 Å². The summed E-state index contributed by atoms with van der Waals surface area (Å²) in [5, 5.41) is 9.00. The summed E-state index contributed by atoms with van der Waals surface area (Å²) in [5.74, 6) is 1.11. The van der Waals surface area contributed by atoms with Crippen molar-refractivity contribution in [2.24, 2.45) is 0 Å². The Kier molecular flexibility index (Phi) is 4.32. The molecule has 0 fully saturated rings. The Labute approximate surface area is 81.1 Å². The van der Waals surface area contributed by atoms with Crippen LogP contribution in [0.5, 0.6) is 0 Å². The van der Waals surface area contributed by atoms with Crippen LogP contribution in [0.3, 0.4) is 0 Å². The van der Waals surface area contributed by atoms with Gasteiger partial charge in [-0.3, -0.25) is 0 Å². The molecular weight excluding hydrogens is 188 g/mol. The normalized spacial score (nSPS) is 10.1. The first-order valence-electron chi connectivity index (χ1n) is 3.86. The van der Waals surface area contributed by atoms with Crippen LogP contribution < -0.4 is 0 Å². The van der Waals surface area contributed by atoms with E-state index in [9.17, 15) is 0 Å². The van der Waals surface area contributed by atoms with E-state index in [1.807, 2.05) is 13.0 Å². The molecule has 0 spiro atoms. The van der Waals surface area contributed by atoms with E-state index in [1.54, 1.807) is 23.1 Å². The molecule has 0 aliphatic carbocycles. The topological polar surface area (TPSA) is 25.8 Å². The molecule has 0 aliphatic heterocycles. The fourth-order valence-corrected chi connectivity index (χ4v) is 2.57. The molecule has 0 saturated heterocycles. The van der Waals surface area contributed by atoms with Gasteiger partial charge in [-0.15, -0.1) is 16.8 Å². The number of nitrogens with zero attached hydrogens (tertiary/aromatic N) is 2. The molecule has 1 aromatic rings. The maximum atomic E-state index is 4.02. The minimum Gasteiger partial charge on any atom is -0.143 e. The Morgan fingerprint density at radius 2 is 2.42 bits per heavy atom. The van der Waals surface area contributed by atoms with E-state index >= 15 is 0 Å². The molecule has 0 bridgehead atoms. The summed E-state index contributed by atoms with van der Waals surface area (Å²) in [6.45, 7) is 5.65. The predicted octanol–water partition coefficient (Wildman–Crippen LogP) is 2.90. The number of hydrogen-bond acceptors (Lipinski definition) is 4.